The van der Waals surface area contributed by atoms with Crippen LogP contribution in [0.25, 0.3) is 0 Å². The van der Waals surface area contributed by atoms with E-state index in [0.717, 1.165) is 10.4 Å². The number of alkyl halides is 1. The zero-order valence-electron chi connectivity index (χ0n) is 7.63. The lowest BCUT2D eigenvalue weighted by atomic mass is 10.2. The van der Waals surface area contributed by atoms with Crippen molar-refractivity contribution in [1.29, 1.82) is 0 Å². The van der Waals surface area contributed by atoms with E-state index in [1.807, 2.05) is 24.3 Å². The van der Waals surface area contributed by atoms with E-state index in [0.29, 0.717) is 13.2 Å². The zero-order valence-corrected chi connectivity index (χ0v) is 9.78. The highest BCUT2D eigenvalue weighted by molar-refractivity contribution is 14.1. The quantitative estimate of drug-likeness (QED) is 0.472. The highest BCUT2D eigenvalue weighted by atomic mass is 127. The molecule has 72 valence electrons. The van der Waals surface area contributed by atoms with Crippen LogP contribution >= 0.6 is 22.6 Å². The first-order valence-electron chi connectivity index (χ1n) is 4.16. The fourth-order valence-electron chi connectivity index (χ4n) is 0.907. The molecule has 0 unspecified atom stereocenters. The van der Waals surface area contributed by atoms with Crippen LogP contribution in [0, 0.1) is 6.92 Å². The minimum atomic E-state index is 0.617. The van der Waals surface area contributed by atoms with Gasteiger partial charge >= 0.3 is 0 Å². The molecule has 0 aliphatic heterocycles. The Hall–Kier alpha value is -0.290. The maximum absolute atomic E-state index is 5.43. The summed E-state index contributed by atoms with van der Waals surface area (Å²) in [7, 11) is 0. The zero-order chi connectivity index (χ0) is 9.52. The Balaban J connectivity index is 2.25. The predicted octanol–water partition coefficient (Wildman–Crippen LogP) is 2.78. The third kappa shape index (κ3) is 4.47. The van der Waals surface area contributed by atoms with E-state index in [1.54, 1.807) is 0 Å². The van der Waals surface area contributed by atoms with Crippen LogP contribution in [0.15, 0.2) is 24.3 Å². The van der Waals surface area contributed by atoms with Gasteiger partial charge in [-0.1, -0.05) is 40.3 Å². The number of halogens is 1. The van der Waals surface area contributed by atoms with Crippen molar-refractivity contribution in [3.05, 3.63) is 29.8 Å². The van der Waals surface area contributed by atoms with E-state index in [2.05, 4.69) is 29.5 Å². The van der Waals surface area contributed by atoms with Gasteiger partial charge in [-0.3, -0.25) is 0 Å². The first-order chi connectivity index (χ1) is 6.33. The van der Waals surface area contributed by atoms with Crippen molar-refractivity contribution in [2.75, 3.05) is 17.8 Å². The second kappa shape index (κ2) is 6.21. The summed E-state index contributed by atoms with van der Waals surface area (Å²) in [6, 6.07) is 8.02. The van der Waals surface area contributed by atoms with Crippen LogP contribution in [0.5, 0.6) is 5.75 Å². The lowest BCUT2D eigenvalue weighted by Crippen LogP contribution is -2.05. The van der Waals surface area contributed by atoms with Crippen LogP contribution < -0.4 is 4.74 Å². The van der Waals surface area contributed by atoms with Crippen LogP contribution in [0.1, 0.15) is 5.56 Å². The molecule has 1 rings (SSSR count). The molecule has 0 saturated carbocycles. The Morgan fingerprint density at radius 2 is 1.85 bits per heavy atom. The van der Waals surface area contributed by atoms with Crippen molar-refractivity contribution in [2.45, 2.75) is 6.92 Å². The normalized spacial score (nSPS) is 10.0. The van der Waals surface area contributed by atoms with Gasteiger partial charge in [0.05, 0.1) is 11.2 Å². The third-order valence-electron chi connectivity index (χ3n) is 1.59. The molecule has 0 fully saturated rings. The lowest BCUT2D eigenvalue weighted by Gasteiger charge is -2.05. The smallest absolute Gasteiger partial charge is 0.119 e. The highest BCUT2D eigenvalue weighted by Crippen LogP contribution is 2.10. The molecule has 0 saturated heterocycles. The molecule has 3 heteroatoms. The van der Waals surface area contributed by atoms with E-state index < -0.39 is 0 Å². The van der Waals surface area contributed by atoms with Crippen LogP contribution in [-0.2, 0) is 4.74 Å². The maximum atomic E-state index is 5.43. The molecule has 0 aromatic heterocycles. The van der Waals surface area contributed by atoms with Crippen LogP contribution in [0.3, 0.4) is 0 Å². The van der Waals surface area contributed by atoms with Crippen molar-refractivity contribution >= 4 is 22.6 Å². The Bertz CT molecular complexity index is 233. The second-order valence-electron chi connectivity index (χ2n) is 2.68. The van der Waals surface area contributed by atoms with Gasteiger partial charge in [-0.05, 0) is 19.1 Å². The van der Waals surface area contributed by atoms with E-state index in [4.69, 9.17) is 9.47 Å². The molecule has 2 nitrogen and oxygen atoms in total. The first-order valence-corrected chi connectivity index (χ1v) is 5.68. The monoisotopic (exact) mass is 292 g/mol. The molecule has 1 aromatic carbocycles. The number of ether oxygens (including phenoxy) is 2. The summed E-state index contributed by atoms with van der Waals surface area (Å²) in [6.07, 6.45) is 0. The minimum absolute atomic E-state index is 0.617. The fourth-order valence-corrected chi connectivity index (χ4v) is 1.22. The highest BCUT2D eigenvalue weighted by Gasteiger charge is 1.92. The molecule has 13 heavy (non-hydrogen) atoms. The predicted molar refractivity (Wildman–Crippen MR) is 61.5 cm³/mol. The van der Waals surface area contributed by atoms with Gasteiger partial charge in [-0.25, -0.2) is 0 Å². The van der Waals surface area contributed by atoms with E-state index in [-0.39, 0.29) is 0 Å². The Kier molecular flexibility index (Phi) is 5.15. The van der Waals surface area contributed by atoms with Gasteiger partial charge in [-0.2, -0.15) is 0 Å². The van der Waals surface area contributed by atoms with Gasteiger partial charge in [0.1, 0.15) is 12.4 Å². The summed E-state index contributed by atoms with van der Waals surface area (Å²) in [5.74, 6) is 0.905. The Morgan fingerprint density at radius 3 is 2.46 bits per heavy atom. The Labute approximate surface area is 92.4 Å². The molecule has 0 aliphatic carbocycles. The molecule has 0 amide bonds. The number of hydrogen-bond acceptors (Lipinski definition) is 2. The molecule has 0 N–H and O–H groups in total. The van der Waals surface area contributed by atoms with Gasteiger partial charge in [0.15, 0.2) is 0 Å². The van der Waals surface area contributed by atoms with Crippen molar-refractivity contribution in [1.82, 2.24) is 0 Å². The summed E-state index contributed by atoms with van der Waals surface area (Å²) < 4.78 is 11.3. The minimum Gasteiger partial charge on any atom is -0.491 e. The third-order valence-corrected chi connectivity index (χ3v) is 2.03. The number of rotatable bonds is 5. The molecule has 0 atom stereocenters. The summed E-state index contributed by atoms with van der Waals surface area (Å²) in [5, 5.41) is 0. The molecular weight excluding hydrogens is 279 g/mol. The fraction of sp³-hybridized carbons (Fsp3) is 0.400. The van der Waals surface area contributed by atoms with Gasteiger partial charge < -0.3 is 9.47 Å². The van der Waals surface area contributed by atoms with E-state index in [1.165, 1.54) is 5.56 Å². The van der Waals surface area contributed by atoms with Crippen molar-refractivity contribution < 1.29 is 9.47 Å². The van der Waals surface area contributed by atoms with Crippen molar-refractivity contribution in [3.63, 3.8) is 0 Å². The molecule has 1 aromatic rings. The van der Waals surface area contributed by atoms with E-state index >= 15 is 0 Å². The molecular formula is C10H13IO2. The molecule has 0 spiro atoms. The Morgan fingerprint density at radius 1 is 1.15 bits per heavy atom. The first kappa shape index (κ1) is 10.8. The summed E-state index contributed by atoms with van der Waals surface area (Å²) in [4.78, 5) is 0. The molecule has 0 aliphatic rings. The van der Waals surface area contributed by atoms with Gasteiger partial charge in [0.2, 0.25) is 0 Å². The molecule has 0 heterocycles. The number of aryl methyl sites for hydroxylation is 1. The van der Waals surface area contributed by atoms with E-state index in [9.17, 15) is 0 Å². The van der Waals surface area contributed by atoms with Crippen LogP contribution in [0.4, 0.5) is 0 Å². The summed E-state index contributed by atoms with van der Waals surface area (Å²) in [5.41, 5.74) is 1.25. The lowest BCUT2D eigenvalue weighted by molar-refractivity contribution is 0.141. The molecule has 0 radical (unpaired) electrons. The van der Waals surface area contributed by atoms with Crippen molar-refractivity contribution in [2.24, 2.45) is 0 Å². The largest absolute Gasteiger partial charge is 0.491 e. The van der Waals surface area contributed by atoms with Gasteiger partial charge in [-0.15, -0.1) is 0 Å². The second-order valence-corrected chi connectivity index (χ2v) is 3.30. The average Bonchev–Trinajstić information content (AvgIpc) is 2.15. The van der Waals surface area contributed by atoms with Crippen molar-refractivity contribution in [3.8, 4) is 5.75 Å². The summed E-state index contributed by atoms with van der Waals surface area (Å²) >= 11 is 2.17. The van der Waals surface area contributed by atoms with Crippen LogP contribution in [0.2, 0.25) is 0 Å². The number of hydrogen-bond donors (Lipinski definition) is 0. The molecule has 0 bridgehead atoms. The average molecular weight is 292 g/mol. The maximum Gasteiger partial charge on any atom is 0.119 e. The van der Waals surface area contributed by atoms with Gasteiger partial charge in [0.25, 0.3) is 0 Å². The SMILES string of the molecule is Cc1ccc(OCCOCI)cc1. The topological polar surface area (TPSA) is 18.5 Å². The standard InChI is InChI=1S/C10H13IO2/c1-9-2-4-10(5-3-9)13-7-6-12-8-11/h2-5H,6-8H2,1H3. The van der Waals surface area contributed by atoms with Gasteiger partial charge in [0, 0.05) is 0 Å². The van der Waals surface area contributed by atoms with Crippen LogP contribution in [-0.4, -0.2) is 17.8 Å². The summed E-state index contributed by atoms with van der Waals surface area (Å²) in [6.45, 7) is 3.33. The number of benzene rings is 1.